The van der Waals surface area contributed by atoms with Gasteiger partial charge in [0.25, 0.3) is 0 Å². The Balaban J connectivity index is 0.000000758. The molecule has 5 aliphatic rings. The third kappa shape index (κ3) is 3.08. The summed E-state index contributed by atoms with van der Waals surface area (Å²) in [4.78, 5) is 2.72. The zero-order valence-corrected chi connectivity index (χ0v) is 15.9. The predicted octanol–water partition coefficient (Wildman–Crippen LogP) is 4.36. The van der Waals surface area contributed by atoms with Gasteiger partial charge in [0, 0.05) is 12.1 Å². The van der Waals surface area contributed by atoms with Crippen LogP contribution in [-0.4, -0.2) is 30.6 Å². The van der Waals surface area contributed by atoms with E-state index in [0.29, 0.717) is 6.04 Å². The molecular formula is C22H32N2O. The van der Waals surface area contributed by atoms with Gasteiger partial charge in [-0.2, -0.15) is 0 Å². The molecule has 3 unspecified atom stereocenters. The highest BCUT2D eigenvalue weighted by molar-refractivity contribution is 5.48. The van der Waals surface area contributed by atoms with Crippen LogP contribution in [0.3, 0.4) is 0 Å². The Bertz CT molecular complexity index is 634. The lowest BCUT2D eigenvalue weighted by Crippen LogP contribution is -2.46. The Morgan fingerprint density at radius 3 is 2.72 bits per heavy atom. The van der Waals surface area contributed by atoms with Crippen LogP contribution in [0.25, 0.3) is 0 Å². The minimum absolute atomic E-state index is 0.433. The van der Waals surface area contributed by atoms with E-state index in [1.807, 2.05) is 13.8 Å². The van der Waals surface area contributed by atoms with Crippen LogP contribution in [0.1, 0.15) is 46.5 Å². The molecule has 0 amide bonds. The molecule has 0 radical (unpaired) electrons. The number of hydrogen-bond acceptors (Lipinski definition) is 3. The van der Waals surface area contributed by atoms with E-state index in [0.717, 1.165) is 35.9 Å². The van der Waals surface area contributed by atoms with Gasteiger partial charge in [0.2, 0.25) is 0 Å². The average molecular weight is 341 g/mol. The van der Waals surface area contributed by atoms with E-state index < -0.39 is 0 Å². The molecular weight excluding hydrogens is 308 g/mol. The summed E-state index contributed by atoms with van der Waals surface area (Å²) in [5.74, 6) is 4.61. The van der Waals surface area contributed by atoms with E-state index in [-0.39, 0.29) is 0 Å². The van der Waals surface area contributed by atoms with Crippen molar-refractivity contribution >= 4 is 0 Å². The number of likely N-dealkylation sites (tertiary alicyclic amines) is 1. The van der Waals surface area contributed by atoms with Gasteiger partial charge in [0.1, 0.15) is 5.76 Å². The van der Waals surface area contributed by atoms with Crippen LogP contribution in [0.2, 0.25) is 0 Å². The third-order valence-corrected chi connectivity index (χ3v) is 6.24. The second-order valence-electron chi connectivity index (χ2n) is 7.85. The molecule has 136 valence electrons. The summed E-state index contributed by atoms with van der Waals surface area (Å²) in [5, 5.41) is 3.46. The molecule has 0 bridgehead atoms. The van der Waals surface area contributed by atoms with Crippen LogP contribution >= 0.6 is 0 Å². The summed E-state index contributed by atoms with van der Waals surface area (Å²) in [6, 6.07) is 0.433. The molecule has 25 heavy (non-hydrogen) atoms. The summed E-state index contributed by atoms with van der Waals surface area (Å²) in [6.07, 6.45) is 14.3. The molecule has 3 nitrogen and oxygen atoms in total. The molecule has 1 saturated heterocycles. The predicted molar refractivity (Wildman–Crippen MR) is 103 cm³/mol. The Morgan fingerprint density at radius 1 is 1.12 bits per heavy atom. The largest absolute Gasteiger partial charge is 0.441 e. The first kappa shape index (κ1) is 17.0. The second kappa shape index (κ2) is 7.03. The average Bonchev–Trinajstić information content (AvgIpc) is 3.43. The number of allylic oxidation sites excluding steroid dienone is 2. The first-order valence-electron chi connectivity index (χ1n) is 10.3. The summed E-state index contributed by atoms with van der Waals surface area (Å²) >= 11 is 0. The fourth-order valence-corrected chi connectivity index (χ4v) is 4.73. The number of dihydropyridines is 1. The summed E-state index contributed by atoms with van der Waals surface area (Å²) in [6.45, 7) is 9.70. The fourth-order valence-electron chi connectivity index (χ4n) is 4.73. The zero-order valence-electron chi connectivity index (χ0n) is 15.9. The first-order chi connectivity index (χ1) is 12.3. The van der Waals surface area contributed by atoms with Crippen molar-refractivity contribution in [2.45, 2.75) is 52.5 Å². The lowest BCUT2D eigenvalue weighted by molar-refractivity contribution is 0.149. The zero-order chi connectivity index (χ0) is 17.4. The number of ether oxygens (including phenoxy) is 1. The highest BCUT2D eigenvalue weighted by Gasteiger charge is 2.48. The van der Waals surface area contributed by atoms with Gasteiger partial charge in [-0.05, 0) is 68.2 Å². The Morgan fingerprint density at radius 2 is 1.92 bits per heavy atom. The van der Waals surface area contributed by atoms with E-state index in [2.05, 4.69) is 41.4 Å². The first-order valence-corrected chi connectivity index (χ1v) is 10.3. The van der Waals surface area contributed by atoms with Crippen LogP contribution in [0.5, 0.6) is 0 Å². The van der Waals surface area contributed by atoms with Crippen molar-refractivity contribution in [2.24, 2.45) is 17.8 Å². The molecule has 0 spiro atoms. The monoisotopic (exact) mass is 340 g/mol. The van der Waals surface area contributed by atoms with Crippen LogP contribution < -0.4 is 5.32 Å². The molecule has 2 aliphatic carbocycles. The Hall–Kier alpha value is -1.48. The van der Waals surface area contributed by atoms with Crippen LogP contribution in [0, 0.1) is 17.8 Å². The van der Waals surface area contributed by atoms with Gasteiger partial charge in [-0.25, -0.2) is 0 Å². The van der Waals surface area contributed by atoms with Crippen LogP contribution in [0.15, 0.2) is 47.1 Å². The maximum absolute atomic E-state index is 6.30. The molecule has 0 aromatic carbocycles. The van der Waals surface area contributed by atoms with Crippen LogP contribution in [-0.2, 0) is 4.74 Å². The van der Waals surface area contributed by atoms with Crippen molar-refractivity contribution in [3.63, 3.8) is 0 Å². The third-order valence-electron chi connectivity index (χ3n) is 6.24. The molecule has 0 aromatic rings. The molecule has 1 saturated carbocycles. The number of piperidine rings is 1. The fraction of sp³-hybridized carbons (Fsp3) is 0.636. The lowest BCUT2D eigenvalue weighted by Gasteiger charge is -2.42. The smallest absolute Gasteiger partial charge is 0.198 e. The second-order valence-corrected chi connectivity index (χ2v) is 7.85. The topological polar surface area (TPSA) is 24.5 Å². The number of nitrogens with one attached hydrogen (secondary N) is 1. The van der Waals surface area contributed by atoms with E-state index >= 15 is 0 Å². The van der Waals surface area contributed by atoms with Crippen molar-refractivity contribution in [3.05, 3.63) is 47.1 Å². The van der Waals surface area contributed by atoms with Gasteiger partial charge >= 0.3 is 0 Å². The summed E-state index contributed by atoms with van der Waals surface area (Å²) in [7, 11) is 0. The molecule has 5 rings (SSSR count). The van der Waals surface area contributed by atoms with Crippen molar-refractivity contribution in [3.8, 4) is 0 Å². The molecule has 0 aromatic heterocycles. The SMILES string of the molecule is CC.CC1CCN(C2C3=C(NCC=C3)OC3=C2C2CC2CC=C3)CC1. The number of nitrogens with zero attached hydrogens (tertiary/aromatic N) is 1. The Labute approximate surface area is 152 Å². The van der Waals surface area contributed by atoms with E-state index in [1.165, 1.54) is 44.3 Å². The van der Waals surface area contributed by atoms with Gasteiger partial charge in [-0.1, -0.05) is 39.0 Å². The molecule has 1 N–H and O–H groups in total. The molecule has 3 heterocycles. The minimum Gasteiger partial charge on any atom is -0.441 e. The molecule has 2 fully saturated rings. The van der Waals surface area contributed by atoms with Gasteiger partial charge < -0.3 is 10.1 Å². The quantitative estimate of drug-likeness (QED) is 0.767. The van der Waals surface area contributed by atoms with Gasteiger partial charge in [0.05, 0.1) is 6.04 Å². The number of hydrogen-bond donors (Lipinski definition) is 1. The minimum atomic E-state index is 0.433. The maximum atomic E-state index is 6.30. The Kier molecular flexibility index (Phi) is 4.77. The van der Waals surface area contributed by atoms with Gasteiger partial charge in [-0.3, -0.25) is 4.90 Å². The normalized spacial score (nSPS) is 34.0. The maximum Gasteiger partial charge on any atom is 0.198 e. The molecule has 3 heteroatoms. The highest BCUT2D eigenvalue weighted by atomic mass is 16.5. The van der Waals surface area contributed by atoms with Gasteiger partial charge in [-0.15, -0.1) is 0 Å². The van der Waals surface area contributed by atoms with E-state index in [4.69, 9.17) is 4.74 Å². The van der Waals surface area contributed by atoms with Crippen LogP contribution in [0.4, 0.5) is 0 Å². The van der Waals surface area contributed by atoms with E-state index in [1.54, 1.807) is 5.57 Å². The molecule has 3 aliphatic heterocycles. The number of fused-ring (bicyclic) bond motifs is 2. The standard InChI is InChI=1S/C20H26N2O.C2H6/c1-13-7-10-22(11-8-13)19-15-5-3-9-21-20(15)23-17-6-2-4-14-12-16(14)18(17)19;1-2/h2-3,5-6,13-14,16,19,21H,4,7-12H2,1H3;1-2H3. The lowest BCUT2D eigenvalue weighted by atomic mass is 9.86. The van der Waals surface area contributed by atoms with Crippen molar-refractivity contribution in [1.82, 2.24) is 10.2 Å². The highest BCUT2D eigenvalue weighted by Crippen LogP contribution is 2.54. The summed E-state index contributed by atoms with van der Waals surface area (Å²) < 4.78 is 6.30. The van der Waals surface area contributed by atoms with Gasteiger partial charge in [0.15, 0.2) is 5.88 Å². The van der Waals surface area contributed by atoms with Crippen molar-refractivity contribution < 1.29 is 4.74 Å². The number of rotatable bonds is 1. The summed E-state index contributed by atoms with van der Waals surface area (Å²) in [5.41, 5.74) is 2.94. The van der Waals surface area contributed by atoms with Crippen molar-refractivity contribution in [1.29, 1.82) is 0 Å². The van der Waals surface area contributed by atoms with Crippen molar-refractivity contribution in [2.75, 3.05) is 19.6 Å². The molecule has 3 atom stereocenters. The van der Waals surface area contributed by atoms with E-state index in [9.17, 15) is 0 Å².